The van der Waals surface area contributed by atoms with Crippen molar-refractivity contribution in [3.63, 3.8) is 0 Å². The van der Waals surface area contributed by atoms with Gasteiger partial charge < -0.3 is 10.6 Å². The van der Waals surface area contributed by atoms with Crippen LogP contribution >= 0.6 is 0 Å². The Hall–Kier alpha value is -1.28. The van der Waals surface area contributed by atoms with Crippen LogP contribution in [0.15, 0.2) is 0 Å². The minimum absolute atomic E-state index is 0.228. The summed E-state index contributed by atoms with van der Waals surface area (Å²) < 4.78 is 0. The average Bonchev–Trinajstić information content (AvgIpc) is 2.47. The van der Waals surface area contributed by atoms with Gasteiger partial charge in [0.1, 0.15) is 0 Å². The van der Waals surface area contributed by atoms with Crippen LogP contribution in [-0.4, -0.2) is 47.1 Å². The highest BCUT2D eigenvalue weighted by Gasteiger charge is 2.30. The molecule has 0 aromatic heterocycles. The number of nitrogens with zero attached hydrogens (tertiary/aromatic N) is 2. The van der Waals surface area contributed by atoms with E-state index >= 15 is 0 Å². The maximum atomic E-state index is 10.8. The minimum atomic E-state index is -0.859. The van der Waals surface area contributed by atoms with Gasteiger partial charge in [0.25, 0.3) is 0 Å². The van der Waals surface area contributed by atoms with Crippen molar-refractivity contribution in [2.24, 2.45) is 0 Å². The van der Waals surface area contributed by atoms with Crippen molar-refractivity contribution >= 4 is 0 Å². The Morgan fingerprint density at radius 2 is 1.00 bits per heavy atom. The fraction of sp³-hybridized carbons (Fsp3) is 1.00. The zero-order chi connectivity index (χ0) is 18.6. The molecular formula is C16H34N4O4. The van der Waals surface area contributed by atoms with Crippen LogP contribution < -0.4 is 10.6 Å². The molecule has 0 aliphatic carbocycles. The van der Waals surface area contributed by atoms with Gasteiger partial charge in [-0.05, 0) is 25.9 Å². The Morgan fingerprint density at radius 3 is 1.29 bits per heavy atom. The number of hydrogen-bond acceptors (Lipinski definition) is 6. The summed E-state index contributed by atoms with van der Waals surface area (Å²) in [6, 6.07) is 0. The number of hydrogen-bond donors (Lipinski definition) is 2. The van der Waals surface area contributed by atoms with Crippen molar-refractivity contribution in [3.8, 4) is 0 Å². The normalized spacial score (nSPS) is 12.3. The SMILES string of the molecule is CC(C)(CCNCCCCCCNCCC(C)(C)[N+](=O)[O-])[N+](=O)[O-]. The van der Waals surface area contributed by atoms with E-state index in [4.69, 9.17) is 0 Å². The molecule has 0 rings (SSSR count). The molecule has 0 fully saturated rings. The highest BCUT2D eigenvalue weighted by molar-refractivity contribution is 4.69. The lowest BCUT2D eigenvalue weighted by Gasteiger charge is -2.15. The molecule has 0 radical (unpaired) electrons. The molecule has 0 saturated carbocycles. The fourth-order valence-corrected chi connectivity index (χ4v) is 2.07. The van der Waals surface area contributed by atoms with Gasteiger partial charge in [0.15, 0.2) is 0 Å². The summed E-state index contributed by atoms with van der Waals surface area (Å²) >= 11 is 0. The topological polar surface area (TPSA) is 110 Å². The molecule has 0 aliphatic rings. The summed E-state index contributed by atoms with van der Waals surface area (Å²) in [5.74, 6) is 0. The van der Waals surface area contributed by atoms with Gasteiger partial charge in [0, 0.05) is 63.5 Å². The van der Waals surface area contributed by atoms with E-state index in [1.807, 2.05) is 0 Å². The molecule has 0 unspecified atom stereocenters. The van der Waals surface area contributed by atoms with E-state index in [0.717, 1.165) is 38.8 Å². The average molecular weight is 346 g/mol. The van der Waals surface area contributed by atoms with Gasteiger partial charge in [-0.3, -0.25) is 20.2 Å². The first-order valence-corrected chi connectivity index (χ1v) is 8.80. The summed E-state index contributed by atoms with van der Waals surface area (Å²) in [5, 5.41) is 28.0. The van der Waals surface area contributed by atoms with Gasteiger partial charge in [0.05, 0.1) is 0 Å². The number of unbranched alkanes of at least 4 members (excludes halogenated alkanes) is 3. The van der Waals surface area contributed by atoms with Crippen LogP contribution in [0.4, 0.5) is 0 Å². The van der Waals surface area contributed by atoms with Crippen LogP contribution in [0.25, 0.3) is 0 Å². The lowest BCUT2D eigenvalue weighted by Crippen LogP contribution is -2.35. The summed E-state index contributed by atoms with van der Waals surface area (Å²) in [6.07, 6.45) is 5.43. The molecule has 0 atom stereocenters. The third-order valence-electron chi connectivity index (χ3n) is 4.27. The first-order chi connectivity index (χ1) is 11.1. The summed E-state index contributed by atoms with van der Waals surface area (Å²) in [4.78, 5) is 21.1. The first kappa shape index (κ1) is 22.7. The number of nitro groups is 2. The van der Waals surface area contributed by atoms with Gasteiger partial charge in [0.2, 0.25) is 11.1 Å². The maximum Gasteiger partial charge on any atom is 0.218 e. The Kier molecular flexibility index (Phi) is 10.7. The van der Waals surface area contributed by atoms with Crippen molar-refractivity contribution in [1.29, 1.82) is 0 Å². The second kappa shape index (κ2) is 11.3. The van der Waals surface area contributed by atoms with E-state index in [2.05, 4.69) is 10.6 Å². The van der Waals surface area contributed by atoms with Crippen LogP contribution in [0, 0.1) is 20.2 Å². The molecule has 2 N–H and O–H groups in total. The van der Waals surface area contributed by atoms with Crippen LogP contribution in [0.5, 0.6) is 0 Å². The van der Waals surface area contributed by atoms with E-state index < -0.39 is 11.1 Å². The molecule has 0 aliphatic heterocycles. The molecule has 0 saturated heterocycles. The third kappa shape index (κ3) is 10.5. The van der Waals surface area contributed by atoms with E-state index in [1.165, 1.54) is 0 Å². The standard InChI is InChI=1S/C16H34N4O4/c1-15(2,19(21)22)9-13-17-11-7-5-6-8-12-18-14-10-16(3,4)20(23)24/h17-18H,5-14H2,1-4H3. The molecule has 24 heavy (non-hydrogen) atoms. The van der Waals surface area contributed by atoms with Crippen LogP contribution in [0.1, 0.15) is 66.2 Å². The smallest absolute Gasteiger partial charge is 0.218 e. The molecule has 8 nitrogen and oxygen atoms in total. The fourth-order valence-electron chi connectivity index (χ4n) is 2.07. The molecule has 0 aromatic carbocycles. The second-order valence-electron chi connectivity index (χ2n) is 7.55. The van der Waals surface area contributed by atoms with E-state index in [0.29, 0.717) is 25.9 Å². The lowest BCUT2D eigenvalue weighted by molar-refractivity contribution is -0.561. The predicted molar refractivity (Wildman–Crippen MR) is 95.6 cm³/mol. The van der Waals surface area contributed by atoms with Crippen molar-refractivity contribution in [1.82, 2.24) is 10.6 Å². The highest BCUT2D eigenvalue weighted by Crippen LogP contribution is 2.12. The summed E-state index contributed by atoms with van der Waals surface area (Å²) in [6.45, 7) is 9.70. The summed E-state index contributed by atoms with van der Waals surface area (Å²) in [7, 11) is 0. The molecule has 0 heterocycles. The van der Waals surface area contributed by atoms with Crippen molar-refractivity contribution in [2.75, 3.05) is 26.2 Å². The quantitative estimate of drug-likeness (QED) is 0.268. The number of rotatable bonds is 15. The van der Waals surface area contributed by atoms with Gasteiger partial charge in [-0.15, -0.1) is 0 Å². The highest BCUT2D eigenvalue weighted by atomic mass is 16.6. The molecular weight excluding hydrogens is 312 g/mol. The van der Waals surface area contributed by atoms with E-state index in [1.54, 1.807) is 27.7 Å². The Labute approximate surface area is 145 Å². The van der Waals surface area contributed by atoms with E-state index in [-0.39, 0.29) is 9.85 Å². The molecule has 142 valence electrons. The molecule has 8 heteroatoms. The van der Waals surface area contributed by atoms with Gasteiger partial charge >= 0.3 is 0 Å². The minimum Gasteiger partial charge on any atom is -0.316 e. The van der Waals surface area contributed by atoms with Crippen molar-refractivity contribution < 1.29 is 9.85 Å². The van der Waals surface area contributed by atoms with E-state index in [9.17, 15) is 20.2 Å². The largest absolute Gasteiger partial charge is 0.316 e. The summed E-state index contributed by atoms with van der Waals surface area (Å²) in [5.41, 5.74) is -1.72. The first-order valence-electron chi connectivity index (χ1n) is 8.80. The predicted octanol–water partition coefficient (Wildman–Crippen LogP) is 2.62. The molecule has 0 spiro atoms. The Balaban J connectivity index is 3.38. The van der Waals surface area contributed by atoms with Gasteiger partial charge in [-0.2, -0.15) is 0 Å². The van der Waals surface area contributed by atoms with Gasteiger partial charge in [-0.25, -0.2) is 0 Å². The zero-order valence-electron chi connectivity index (χ0n) is 15.6. The number of nitrogens with one attached hydrogen (secondary N) is 2. The van der Waals surface area contributed by atoms with Crippen LogP contribution in [0.3, 0.4) is 0 Å². The molecule has 0 bridgehead atoms. The van der Waals surface area contributed by atoms with Crippen molar-refractivity contribution in [2.45, 2.75) is 77.3 Å². The van der Waals surface area contributed by atoms with Crippen molar-refractivity contribution in [3.05, 3.63) is 20.2 Å². The van der Waals surface area contributed by atoms with Gasteiger partial charge in [-0.1, -0.05) is 12.8 Å². The monoisotopic (exact) mass is 346 g/mol. The Morgan fingerprint density at radius 1 is 0.667 bits per heavy atom. The second-order valence-corrected chi connectivity index (χ2v) is 7.55. The third-order valence-corrected chi connectivity index (χ3v) is 4.27. The zero-order valence-corrected chi connectivity index (χ0v) is 15.6. The molecule has 0 amide bonds. The molecule has 0 aromatic rings. The maximum absolute atomic E-state index is 10.8. The lowest BCUT2D eigenvalue weighted by atomic mass is 10.0. The van der Waals surface area contributed by atoms with Crippen LogP contribution in [-0.2, 0) is 0 Å². The van der Waals surface area contributed by atoms with Crippen LogP contribution in [0.2, 0.25) is 0 Å². The Bertz CT molecular complexity index is 350.